The van der Waals surface area contributed by atoms with Gasteiger partial charge in [0.15, 0.2) is 17.5 Å². The van der Waals surface area contributed by atoms with E-state index in [-0.39, 0.29) is 53.3 Å². The third-order valence-electron chi connectivity index (χ3n) is 9.87. The van der Waals surface area contributed by atoms with Crippen LogP contribution in [0, 0.1) is 24.3 Å². The Hall–Kier alpha value is -4.89. The first-order valence-corrected chi connectivity index (χ1v) is 18.2. The molecule has 2 aliphatic rings. The molecule has 1 aliphatic carbocycles. The second-order valence-electron chi connectivity index (χ2n) is 13.8. The van der Waals surface area contributed by atoms with E-state index < -0.39 is 5.97 Å². The monoisotopic (exact) mass is 713 g/mol. The van der Waals surface area contributed by atoms with Crippen LogP contribution in [0.1, 0.15) is 90.4 Å². The summed E-state index contributed by atoms with van der Waals surface area (Å²) >= 11 is 0. The summed E-state index contributed by atoms with van der Waals surface area (Å²) < 4.78 is 30.5. The number of aliphatic imine (C=N–C) groups is 1. The van der Waals surface area contributed by atoms with Crippen LogP contribution in [0.2, 0.25) is 0 Å². The number of nitrogens with zero attached hydrogens (tertiary/aromatic N) is 5. The number of esters is 1. The Bertz CT molecular complexity index is 1830. The van der Waals surface area contributed by atoms with Crippen molar-refractivity contribution in [1.29, 1.82) is 0 Å². The largest absolute Gasteiger partial charge is 0.496 e. The number of methoxy groups -OCH3 is 3. The number of hydrogen-bond acceptors (Lipinski definition) is 10. The molecule has 12 nitrogen and oxygen atoms in total. The van der Waals surface area contributed by atoms with Crippen LogP contribution in [0.5, 0.6) is 23.0 Å². The number of rotatable bonds is 16. The summed E-state index contributed by atoms with van der Waals surface area (Å²) in [6, 6.07) is 8.69. The van der Waals surface area contributed by atoms with Gasteiger partial charge in [0.25, 0.3) is 0 Å². The van der Waals surface area contributed by atoms with Gasteiger partial charge in [-0.05, 0) is 61.3 Å². The standard InChI is InChI=1S/C40H51N5O7/c1-9-10-11-12-13-14-17-51-28-15-16-31(48-6)29(21-28)37-43-38-34(40(47)52-36-25(3)18-24(2)19-26(36)4)35(41-5)39(45(38)44-37)42-30-22-32(49-7)27(23-46)20-33(30)50-8/h15-16,20-22,24-26,36,46H,9-14,17-19,23H2,1-4,6-8H3. The summed E-state index contributed by atoms with van der Waals surface area (Å²) in [5.41, 5.74) is 1.29. The Morgan fingerprint density at radius 3 is 2.31 bits per heavy atom. The molecule has 2 aromatic carbocycles. The highest BCUT2D eigenvalue weighted by molar-refractivity contribution is 6.29. The highest BCUT2D eigenvalue weighted by atomic mass is 16.5. The fourth-order valence-electron chi connectivity index (χ4n) is 7.35. The van der Waals surface area contributed by atoms with E-state index >= 15 is 0 Å². The maximum atomic E-state index is 14.2. The van der Waals surface area contributed by atoms with E-state index in [1.807, 2.05) is 12.1 Å². The molecular weight excluding hydrogens is 662 g/mol. The van der Waals surface area contributed by atoms with E-state index in [0.29, 0.717) is 52.3 Å². The van der Waals surface area contributed by atoms with Gasteiger partial charge in [0.1, 0.15) is 40.4 Å². The first-order chi connectivity index (χ1) is 25.2. The molecule has 1 aromatic heterocycles. The van der Waals surface area contributed by atoms with Crippen LogP contribution in [-0.4, -0.2) is 65.7 Å². The van der Waals surface area contributed by atoms with Gasteiger partial charge >= 0.3 is 5.97 Å². The fourth-order valence-corrected chi connectivity index (χ4v) is 7.35. The molecule has 5 rings (SSSR count). The van der Waals surface area contributed by atoms with Crippen LogP contribution in [-0.2, 0) is 16.1 Å². The van der Waals surface area contributed by atoms with Crippen molar-refractivity contribution < 1.29 is 33.6 Å². The molecule has 1 fully saturated rings. The lowest BCUT2D eigenvalue weighted by Crippen LogP contribution is -2.37. The van der Waals surface area contributed by atoms with E-state index in [0.717, 1.165) is 25.7 Å². The molecule has 0 bridgehead atoms. The first kappa shape index (κ1) is 38.3. The third-order valence-corrected chi connectivity index (χ3v) is 9.87. The number of aliphatic hydroxyl groups excluding tert-OH is 1. The van der Waals surface area contributed by atoms with Crippen LogP contribution in [0.3, 0.4) is 0 Å². The second-order valence-corrected chi connectivity index (χ2v) is 13.8. The van der Waals surface area contributed by atoms with Gasteiger partial charge in [-0.25, -0.2) is 24.3 Å². The number of allylic oxidation sites excluding steroid dienone is 1. The molecule has 278 valence electrons. The van der Waals surface area contributed by atoms with Crippen molar-refractivity contribution in [2.45, 2.75) is 91.8 Å². The van der Waals surface area contributed by atoms with Crippen LogP contribution >= 0.6 is 0 Å². The number of carbonyl (C=O) groups excluding carboxylic acids is 1. The first-order valence-electron chi connectivity index (χ1n) is 18.2. The molecule has 0 saturated heterocycles. The lowest BCUT2D eigenvalue weighted by Gasteiger charge is -2.37. The van der Waals surface area contributed by atoms with Crippen molar-refractivity contribution in [2.75, 3.05) is 27.9 Å². The predicted molar refractivity (Wildman–Crippen MR) is 199 cm³/mol. The van der Waals surface area contributed by atoms with Crippen molar-refractivity contribution in [3.05, 3.63) is 58.8 Å². The molecule has 2 atom stereocenters. The highest BCUT2D eigenvalue weighted by Gasteiger charge is 2.41. The quantitative estimate of drug-likeness (QED) is 0.0890. The van der Waals surface area contributed by atoms with E-state index in [2.05, 4.69) is 32.5 Å². The van der Waals surface area contributed by atoms with Gasteiger partial charge < -0.3 is 28.8 Å². The average Bonchev–Trinajstić information content (AvgIpc) is 3.69. The smallest absolute Gasteiger partial charge is 0.331 e. The van der Waals surface area contributed by atoms with Gasteiger partial charge in [-0.15, -0.1) is 5.10 Å². The zero-order valence-electron chi connectivity index (χ0n) is 31.4. The number of hydrogen-bond donors (Lipinski definition) is 1. The minimum absolute atomic E-state index is 0.0159. The number of carbonyl (C=O) groups is 1. The second kappa shape index (κ2) is 17.6. The van der Waals surface area contributed by atoms with Crippen molar-refractivity contribution in [3.63, 3.8) is 0 Å². The van der Waals surface area contributed by atoms with Crippen molar-refractivity contribution >= 4 is 23.1 Å². The van der Waals surface area contributed by atoms with E-state index in [1.165, 1.54) is 44.6 Å². The summed E-state index contributed by atoms with van der Waals surface area (Å²) in [4.78, 5) is 27.6. The number of unbranched alkanes of at least 4 members (excludes halogenated alkanes) is 5. The summed E-state index contributed by atoms with van der Waals surface area (Å²) in [6.07, 6.45) is 8.48. The van der Waals surface area contributed by atoms with Crippen molar-refractivity contribution in [3.8, 4) is 34.4 Å². The van der Waals surface area contributed by atoms with Gasteiger partial charge in [0.05, 0.1) is 46.7 Å². The van der Waals surface area contributed by atoms with Gasteiger partial charge in [-0.1, -0.05) is 59.8 Å². The number of ether oxygens (including phenoxy) is 5. The van der Waals surface area contributed by atoms with Gasteiger partial charge in [0.2, 0.25) is 5.70 Å². The maximum absolute atomic E-state index is 14.2. The zero-order valence-corrected chi connectivity index (χ0v) is 31.4. The molecule has 0 spiro atoms. The normalized spacial score (nSPS) is 20.4. The van der Waals surface area contributed by atoms with Crippen LogP contribution in [0.15, 0.2) is 41.0 Å². The SMILES string of the molecule is [C-]#[N+]C1=C(C(=O)OC2C(C)CC(C)CC2C)c2nc(-c3cc(OCCCCCCCC)ccc3OC)nn2C1=Nc1cc(OC)c(CO)cc1OC. The minimum atomic E-state index is -0.655. The van der Waals surface area contributed by atoms with E-state index in [4.69, 9.17) is 45.3 Å². The lowest BCUT2D eigenvalue weighted by atomic mass is 9.75. The zero-order chi connectivity index (χ0) is 37.4. The van der Waals surface area contributed by atoms with Crippen LogP contribution < -0.4 is 18.9 Å². The predicted octanol–water partition coefficient (Wildman–Crippen LogP) is 8.04. The Labute approximate surface area is 306 Å². The Morgan fingerprint density at radius 2 is 1.65 bits per heavy atom. The van der Waals surface area contributed by atoms with Crippen molar-refractivity contribution in [2.24, 2.45) is 22.7 Å². The number of aromatic nitrogens is 3. The molecule has 52 heavy (non-hydrogen) atoms. The molecule has 3 aromatic rings. The molecule has 2 unspecified atom stereocenters. The van der Waals surface area contributed by atoms with E-state index in [1.54, 1.807) is 25.3 Å². The molecule has 0 amide bonds. The topological polar surface area (TPSA) is 131 Å². The summed E-state index contributed by atoms with van der Waals surface area (Å²) in [7, 11) is 4.53. The highest BCUT2D eigenvalue weighted by Crippen LogP contribution is 2.41. The lowest BCUT2D eigenvalue weighted by molar-refractivity contribution is -0.150. The number of fused-ring (bicyclic) bond motifs is 1. The maximum Gasteiger partial charge on any atom is 0.331 e. The molecule has 1 saturated carbocycles. The molecular formula is C40H51N5O7. The van der Waals surface area contributed by atoms with Gasteiger partial charge in [-0.3, -0.25) is 0 Å². The van der Waals surface area contributed by atoms with Crippen LogP contribution in [0.4, 0.5) is 5.69 Å². The molecule has 1 N–H and O–H groups in total. The molecule has 1 aliphatic heterocycles. The minimum Gasteiger partial charge on any atom is -0.496 e. The molecule has 12 heteroatoms. The van der Waals surface area contributed by atoms with Crippen molar-refractivity contribution in [1.82, 2.24) is 14.8 Å². The van der Waals surface area contributed by atoms with Crippen LogP contribution in [0.25, 0.3) is 21.8 Å². The molecule has 2 heterocycles. The number of aliphatic hydroxyl groups is 1. The van der Waals surface area contributed by atoms with Gasteiger partial charge in [-0.2, -0.15) is 0 Å². The van der Waals surface area contributed by atoms with E-state index in [9.17, 15) is 9.90 Å². The fraction of sp³-hybridized carbons (Fsp3) is 0.525. The summed E-state index contributed by atoms with van der Waals surface area (Å²) in [5, 5.41) is 14.7. The van der Waals surface area contributed by atoms with Gasteiger partial charge in [0, 0.05) is 11.6 Å². The third kappa shape index (κ3) is 8.26. The molecule has 0 radical (unpaired) electrons. The Kier molecular flexibility index (Phi) is 12.9. The summed E-state index contributed by atoms with van der Waals surface area (Å²) in [6.45, 7) is 17.1. The average molecular weight is 714 g/mol. The Morgan fingerprint density at radius 1 is 0.962 bits per heavy atom. The summed E-state index contributed by atoms with van der Waals surface area (Å²) in [5.74, 6) is 2.48. The Balaban J connectivity index is 1.58. The number of benzene rings is 2.